The number of fused-ring (bicyclic) bond motifs is 3. The van der Waals surface area contributed by atoms with Crippen molar-refractivity contribution in [1.29, 1.82) is 0 Å². The van der Waals surface area contributed by atoms with Crippen LogP contribution in [-0.2, 0) is 16.6 Å². The van der Waals surface area contributed by atoms with Gasteiger partial charge in [0.05, 0.1) is 0 Å². The number of rotatable bonds is 4. The van der Waals surface area contributed by atoms with Crippen LogP contribution in [-0.4, -0.2) is 17.7 Å². The van der Waals surface area contributed by atoms with Crippen LogP contribution >= 0.6 is 0 Å². The van der Waals surface area contributed by atoms with Gasteiger partial charge in [-0.3, -0.25) is 0 Å². The van der Waals surface area contributed by atoms with Crippen molar-refractivity contribution in [2.45, 2.75) is 31.1 Å². The van der Waals surface area contributed by atoms with Crippen LogP contribution in [0, 0.1) is 12.8 Å². The van der Waals surface area contributed by atoms with Gasteiger partial charge in [-0.2, -0.15) is 0 Å². The summed E-state index contributed by atoms with van der Waals surface area (Å²) >= 11 is 0. The van der Waals surface area contributed by atoms with Crippen LogP contribution in [0.3, 0.4) is 0 Å². The summed E-state index contributed by atoms with van der Waals surface area (Å²) in [5.41, 5.74) is 2.81. The van der Waals surface area contributed by atoms with E-state index in [0.29, 0.717) is 0 Å². The Bertz CT molecular complexity index is 495. The molecule has 95 valence electrons. The second-order valence-corrected chi connectivity index (χ2v) is 5.31. The molecule has 3 heteroatoms. The molecule has 0 aliphatic heterocycles. The summed E-state index contributed by atoms with van der Waals surface area (Å²) in [5.74, 6) is 0.588. The highest BCUT2D eigenvalue weighted by Gasteiger charge is 2.56. The van der Waals surface area contributed by atoms with Gasteiger partial charge in [-0.1, -0.05) is 19.1 Å². The summed E-state index contributed by atoms with van der Waals surface area (Å²) in [7, 11) is 0. The third-order valence-corrected chi connectivity index (χ3v) is 4.44. The summed E-state index contributed by atoms with van der Waals surface area (Å²) in [5, 5.41) is 8.70. The Kier molecular flexibility index (Phi) is 2.58. The van der Waals surface area contributed by atoms with Crippen molar-refractivity contribution in [3.63, 3.8) is 0 Å². The van der Waals surface area contributed by atoms with E-state index in [1.54, 1.807) is 0 Å². The van der Waals surface area contributed by atoms with Crippen LogP contribution in [0.5, 0.6) is 5.75 Å². The monoisotopic (exact) mass is 245 g/mol. The fourth-order valence-electron chi connectivity index (χ4n) is 3.41. The predicted octanol–water partition coefficient (Wildman–Crippen LogP) is 2.58. The molecule has 1 aromatic rings. The predicted molar refractivity (Wildman–Crippen MR) is 67.7 cm³/mol. The van der Waals surface area contributed by atoms with Gasteiger partial charge in [-0.05, 0) is 54.2 Å². The van der Waals surface area contributed by atoms with Crippen molar-refractivity contribution in [2.75, 3.05) is 6.61 Å². The Labute approximate surface area is 107 Å². The fourth-order valence-corrected chi connectivity index (χ4v) is 3.41. The molecule has 2 aliphatic rings. The van der Waals surface area contributed by atoms with E-state index in [-0.39, 0.29) is 12.0 Å². The number of carboxylic acids is 1. The Balaban J connectivity index is 1.94. The third-order valence-electron chi connectivity index (χ3n) is 4.44. The average molecular weight is 245 g/mol. The second kappa shape index (κ2) is 4.01. The van der Waals surface area contributed by atoms with Gasteiger partial charge < -0.3 is 9.84 Å². The van der Waals surface area contributed by atoms with Gasteiger partial charge in [0.25, 0.3) is 0 Å². The van der Waals surface area contributed by atoms with Gasteiger partial charge in [-0.25, -0.2) is 4.79 Å². The number of hydrogen-bond acceptors (Lipinski definition) is 2. The second-order valence-electron chi connectivity index (χ2n) is 5.31. The molecular formula is C15H17O3. The van der Waals surface area contributed by atoms with Gasteiger partial charge in [0.2, 0.25) is 0 Å². The Morgan fingerprint density at radius 3 is 3.11 bits per heavy atom. The number of aliphatic carboxylic acids is 1. The number of hydrogen-bond donors (Lipinski definition) is 1. The molecule has 1 saturated carbocycles. The first-order chi connectivity index (χ1) is 8.67. The maximum absolute atomic E-state index is 10.6. The van der Waals surface area contributed by atoms with Gasteiger partial charge in [0, 0.05) is 0 Å². The lowest BCUT2D eigenvalue weighted by Gasteiger charge is -2.26. The quantitative estimate of drug-likeness (QED) is 0.886. The van der Waals surface area contributed by atoms with Crippen LogP contribution in [0.1, 0.15) is 30.4 Å². The minimum Gasteiger partial charge on any atom is -0.482 e. The van der Waals surface area contributed by atoms with Crippen LogP contribution in [0.25, 0.3) is 0 Å². The zero-order chi connectivity index (χ0) is 12.8. The van der Waals surface area contributed by atoms with Crippen molar-refractivity contribution < 1.29 is 14.6 Å². The van der Waals surface area contributed by atoms with Crippen molar-refractivity contribution in [3.8, 4) is 5.75 Å². The van der Waals surface area contributed by atoms with Gasteiger partial charge in [0.1, 0.15) is 5.75 Å². The SMILES string of the molecule is [CH2]CC12CC1CCc1c(OCC(=O)O)cccc12. The molecule has 3 nitrogen and oxygen atoms in total. The molecule has 1 fully saturated rings. The van der Waals surface area contributed by atoms with E-state index in [9.17, 15) is 4.79 Å². The number of carbonyl (C=O) groups is 1. The van der Waals surface area contributed by atoms with E-state index in [1.165, 1.54) is 24.0 Å². The maximum Gasteiger partial charge on any atom is 0.341 e. The zero-order valence-electron chi connectivity index (χ0n) is 10.3. The van der Waals surface area contributed by atoms with Crippen LogP contribution in [0.2, 0.25) is 0 Å². The number of carboxylic acid groups (broad SMARTS) is 1. The molecule has 1 N–H and O–H groups in total. The third kappa shape index (κ3) is 1.61. The first-order valence-electron chi connectivity index (χ1n) is 6.43. The van der Waals surface area contributed by atoms with E-state index in [0.717, 1.165) is 24.5 Å². The molecule has 0 amide bonds. The molecule has 0 bridgehead atoms. The summed E-state index contributed by atoms with van der Waals surface area (Å²) in [4.78, 5) is 10.6. The summed E-state index contributed by atoms with van der Waals surface area (Å²) < 4.78 is 5.40. The molecule has 1 aromatic carbocycles. The molecule has 0 spiro atoms. The smallest absolute Gasteiger partial charge is 0.341 e. The Morgan fingerprint density at radius 1 is 1.56 bits per heavy atom. The van der Waals surface area contributed by atoms with Gasteiger partial charge in [0.15, 0.2) is 6.61 Å². The zero-order valence-corrected chi connectivity index (χ0v) is 10.3. The molecule has 2 atom stereocenters. The van der Waals surface area contributed by atoms with Crippen molar-refractivity contribution in [3.05, 3.63) is 36.2 Å². The Morgan fingerprint density at radius 2 is 2.39 bits per heavy atom. The highest BCUT2D eigenvalue weighted by atomic mass is 16.5. The minimum atomic E-state index is -0.931. The molecule has 2 unspecified atom stereocenters. The normalized spacial score (nSPS) is 28.2. The molecule has 0 saturated heterocycles. The maximum atomic E-state index is 10.6. The topological polar surface area (TPSA) is 46.5 Å². The highest BCUT2D eigenvalue weighted by molar-refractivity contribution is 5.68. The summed E-state index contributed by atoms with van der Waals surface area (Å²) in [6.45, 7) is 3.82. The number of ether oxygens (including phenoxy) is 1. The van der Waals surface area contributed by atoms with Crippen LogP contribution < -0.4 is 4.74 Å². The lowest BCUT2D eigenvalue weighted by Crippen LogP contribution is -2.19. The van der Waals surface area contributed by atoms with E-state index in [1.807, 2.05) is 12.1 Å². The van der Waals surface area contributed by atoms with E-state index in [2.05, 4.69) is 13.0 Å². The van der Waals surface area contributed by atoms with Gasteiger partial charge in [-0.15, -0.1) is 0 Å². The highest BCUT2D eigenvalue weighted by Crippen LogP contribution is 2.62. The molecule has 0 heterocycles. The molecule has 1 radical (unpaired) electrons. The van der Waals surface area contributed by atoms with Crippen molar-refractivity contribution >= 4 is 5.97 Å². The first kappa shape index (κ1) is 11.6. The Hall–Kier alpha value is -1.51. The summed E-state index contributed by atoms with van der Waals surface area (Å²) in [6.07, 6.45) is 4.33. The van der Waals surface area contributed by atoms with E-state index >= 15 is 0 Å². The molecule has 3 rings (SSSR count). The van der Waals surface area contributed by atoms with E-state index in [4.69, 9.17) is 9.84 Å². The lowest BCUT2D eigenvalue weighted by atomic mass is 9.80. The summed E-state index contributed by atoms with van der Waals surface area (Å²) in [6, 6.07) is 6.00. The lowest BCUT2D eigenvalue weighted by molar-refractivity contribution is -0.139. The standard InChI is InChI=1S/C15H17O3/c1-2-15-8-10(15)6-7-11-12(15)4-3-5-13(11)18-9-14(16)17/h3-5,10H,1-2,6-9H2,(H,16,17). The minimum absolute atomic E-state index is 0.260. The number of benzene rings is 1. The first-order valence-corrected chi connectivity index (χ1v) is 6.43. The molecular weight excluding hydrogens is 228 g/mol. The molecule has 2 aliphatic carbocycles. The average Bonchev–Trinajstić information content (AvgIpc) is 3.11. The van der Waals surface area contributed by atoms with Crippen molar-refractivity contribution in [1.82, 2.24) is 0 Å². The molecule has 0 aromatic heterocycles. The van der Waals surface area contributed by atoms with Crippen LogP contribution in [0.4, 0.5) is 0 Å². The molecule has 18 heavy (non-hydrogen) atoms. The fraction of sp³-hybridized carbons (Fsp3) is 0.467. The largest absolute Gasteiger partial charge is 0.482 e. The van der Waals surface area contributed by atoms with Gasteiger partial charge >= 0.3 is 5.97 Å². The van der Waals surface area contributed by atoms with Crippen molar-refractivity contribution in [2.24, 2.45) is 5.92 Å². The van der Waals surface area contributed by atoms with Crippen LogP contribution in [0.15, 0.2) is 18.2 Å². The van der Waals surface area contributed by atoms with E-state index < -0.39 is 5.97 Å².